The molecule has 0 amide bonds. The van der Waals surface area contributed by atoms with Crippen molar-refractivity contribution in [2.24, 2.45) is 0 Å². The summed E-state index contributed by atoms with van der Waals surface area (Å²) >= 11 is 3.58. The number of aryl methyl sites for hydroxylation is 1. The first-order valence-corrected chi connectivity index (χ1v) is 6.14. The molecule has 76 valence electrons. The molecule has 1 aliphatic carbocycles. The first-order valence-electron chi connectivity index (χ1n) is 5.23. The Morgan fingerprint density at radius 1 is 1.36 bits per heavy atom. The molecule has 2 nitrogen and oxygen atoms in total. The number of halogens is 1. The Morgan fingerprint density at radius 2 is 2.14 bits per heavy atom. The zero-order chi connectivity index (χ0) is 9.97. The summed E-state index contributed by atoms with van der Waals surface area (Å²) in [7, 11) is 0. The lowest BCUT2D eigenvalue weighted by atomic mass is 9.93. The largest absolute Gasteiger partial charge is 0.241 e. The van der Waals surface area contributed by atoms with E-state index >= 15 is 0 Å². The van der Waals surface area contributed by atoms with Crippen LogP contribution in [0.25, 0.3) is 0 Å². The zero-order valence-corrected chi connectivity index (χ0v) is 10.0. The van der Waals surface area contributed by atoms with Gasteiger partial charge in [0.2, 0.25) is 0 Å². The van der Waals surface area contributed by atoms with Crippen LogP contribution in [0.3, 0.4) is 0 Å². The van der Waals surface area contributed by atoms with Gasteiger partial charge in [-0.25, -0.2) is 9.97 Å². The second-order valence-electron chi connectivity index (χ2n) is 3.94. The van der Waals surface area contributed by atoms with E-state index in [0.29, 0.717) is 4.83 Å². The first-order chi connectivity index (χ1) is 6.77. The van der Waals surface area contributed by atoms with E-state index in [2.05, 4.69) is 32.8 Å². The fourth-order valence-corrected chi connectivity index (χ4v) is 2.34. The molecule has 0 saturated carbocycles. The molecule has 1 heterocycles. The summed E-state index contributed by atoms with van der Waals surface area (Å²) in [6.07, 6.45) is 7.63. The van der Waals surface area contributed by atoms with E-state index in [9.17, 15) is 0 Å². The molecule has 1 aromatic rings. The number of rotatable bonds is 2. The fourth-order valence-electron chi connectivity index (χ4n) is 2.03. The lowest BCUT2D eigenvalue weighted by Gasteiger charge is -2.17. The van der Waals surface area contributed by atoms with Crippen LogP contribution in [0, 0.1) is 0 Å². The lowest BCUT2D eigenvalue weighted by molar-refractivity contribution is 0.649. The molecule has 0 aliphatic heterocycles. The average Bonchev–Trinajstić information content (AvgIpc) is 2.18. The van der Waals surface area contributed by atoms with Crippen molar-refractivity contribution in [1.29, 1.82) is 0 Å². The average molecular weight is 255 g/mol. The maximum Gasteiger partial charge on any atom is 0.115 e. The molecular weight excluding hydrogens is 240 g/mol. The molecule has 0 bridgehead atoms. The van der Waals surface area contributed by atoms with Crippen molar-refractivity contribution < 1.29 is 0 Å². The summed E-state index contributed by atoms with van der Waals surface area (Å²) in [5.74, 6) is 0. The van der Waals surface area contributed by atoms with Gasteiger partial charge in [-0.1, -0.05) is 22.9 Å². The highest BCUT2D eigenvalue weighted by atomic mass is 79.9. The van der Waals surface area contributed by atoms with Gasteiger partial charge in [0.15, 0.2) is 0 Å². The van der Waals surface area contributed by atoms with Gasteiger partial charge in [-0.2, -0.15) is 0 Å². The van der Waals surface area contributed by atoms with Gasteiger partial charge < -0.3 is 0 Å². The van der Waals surface area contributed by atoms with Crippen LogP contribution in [-0.4, -0.2) is 14.8 Å². The molecule has 0 fully saturated rings. The van der Waals surface area contributed by atoms with Gasteiger partial charge in [-0.05, 0) is 31.2 Å². The van der Waals surface area contributed by atoms with E-state index in [1.807, 2.05) is 0 Å². The number of fused-ring (bicyclic) bond motifs is 1. The topological polar surface area (TPSA) is 25.8 Å². The van der Waals surface area contributed by atoms with Crippen LogP contribution >= 0.6 is 15.9 Å². The minimum Gasteiger partial charge on any atom is -0.241 e. The van der Waals surface area contributed by atoms with Crippen LogP contribution in [0.15, 0.2) is 6.33 Å². The van der Waals surface area contributed by atoms with Gasteiger partial charge in [-0.15, -0.1) is 0 Å². The molecule has 14 heavy (non-hydrogen) atoms. The van der Waals surface area contributed by atoms with Crippen molar-refractivity contribution in [3.8, 4) is 0 Å². The summed E-state index contributed by atoms with van der Waals surface area (Å²) in [5.41, 5.74) is 3.96. The number of nitrogens with zero attached hydrogens (tertiary/aromatic N) is 2. The maximum atomic E-state index is 4.39. The second-order valence-corrected chi connectivity index (χ2v) is 5.50. The van der Waals surface area contributed by atoms with Gasteiger partial charge in [0.25, 0.3) is 0 Å². The molecule has 0 spiro atoms. The highest BCUT2D eigenvalue weighted by Gasteiger charge is 2.15. The number of aromatic nitrogens is 2. The number of hydrogen-bond donors (Lipinski definition) is 0. The third-order valence-corrected chi connectivity index (χ3v) is 3.01. The molecule has 1 aromatic heterocycles. The molecule has 3 heteroatoms. The maximum absolute atomic E-state index is 4.39. The molecule has 2 rings (SSSR count). The Bertz CT molecular complexity index is 323. The molecule has 1 unspecified atom stereocenters. The van der Waals surface area contributed by atoms with E-state index in [1.165, 1.54) is 36.2 Å². The van der Waals surface area contributed by atoms with E-state index in [1.54, 1.807) is 6.33 Å². The summed E-state index contributed by atoms with van der Waals surface area (Å²) in [6.45, 7) is 2.16. The number of hydrogen-bond acceptors (Lipinski definition) is 2. The third-order valence-electron chi connectivity index (χ3n) is 2.69. The molecular formula is C11H15BrN2. The SMILES string of the molecule is CC(Br)Cc1ncnc2c1CCCC2. The van der Waals surface area contributed by atoms with Gasteiger partial charge in [0.1, 0.15) is 6.33 Å². The van der Waals surface area contributed by atoms with Gasteiger partial charge in [0.05, 0.1) is 0 Å². The van der Waals surface area contributed by atoms with Gasteiger partial charge in [0, 0.05) is 22.6 Å². The van der Waals surface area contributed by atoms with Crippen LogP contribution in [0.1, 0.15) is 36.7 Å². The standard InChI is InChI=1S/C11H15BrN2/c1-8(12)6-11-9-4-2-3-5-10(9)13-7-14-11/h7-8H,2-6H2,1H3. The Morgan fingerprint density at radius 3 is 2.93 bits per heavy atom. The molecule has 0 saturated heterocycles. The summed E-state index contributed by atoms with van der Waals surface area (Å²) in [6, 6.07) is 0. The molecule has 1 atom stereocenters. The van der Waals surface area contributed by atoms with Crippen molar-refractivity contribution in [1.82, 2.24) is 9.97 Å². The summed E-state index contributed by atoms with van der Waals surface area (Å²) < 4.78 is 0. The van der Waals surface area contributed by atoms with Crippen LogP contribution in [0.2, 0.25) is 0 Å². The first kappa shape index (κ1) is 10.1. The van der Waals surface area contributed by atoms with Crippen LogP contribution in [-0.2, 0) is 19.3 Å². The predicted octanol–water partition coefficient (Wildman–Crippen LogP) is 2.68. The highest BCUT2D eigenvalue weighted by Crippen LogP contribution is 2.22. The quantitative estimate of drug-likeness (QED) is 0.759. The van der Waals surface area contributed by atoms with E-state index in [4.69, 9.17) is 0 Å². The summed E-state index contributed by atoms with van der Waals surface area (Å²) in [5, 5.41) is 0. The predicted molar refractivity (Wildman–Crippen MR) is 60.8 cm³/mol. The lowest BCUT2D eigenvalue weighted by Crippen LogP contribution is -2.12. The third kappa shape index (κ3) is 2.14. The fraction of sp³-hybridized carbons (Fsp3) is 0.636. The van der Waals surface area contributed by atoms with Crippen molar-refractivity contribution in [2.75, 3.05) is 0 Å². The van der Waals surface area contributed by atoms with Crippen LogP contribution in [0.5, 0.6) is 0 Å². The van der Waals surface area contributed by atoms with E-state index in [0.717, 1.165) is 12.8 Å². The van der Waals surface area contributed by atoms with Crippen molar-refractivity contribution in [3.63, 3.8) is 0 Å². The normalized spacial score (nSPS) is 17.6. The van der Waals surface area contributed by atoms with Gasteiger partial charge in [-0.3, -0.25) is 0 Å². The van der Waals surface area contributed by atoms with Crippen molar-refractivity contribution >= 4 is 15.9 Å². The molecule has 1 aliphatic rings. The molecule has 0 aromatic carbocycles. The van der Waals surface area contributed by atoms with E-state index < -0.39 is 0 Å². The second kappa shape index (κ2) is 4.39. The summed E-state index contributed by atoms with van der Waals surface area (Å²) in [4.78, 5) is 9.26. The van der Waals surface area contributed by atoms with Crippen molar-refractivity contribution in [3.05, 3.63) is 23.3 Å². The Labute approximate surface area is 93.3 Å². The monoisotopic (exact) mass is 254 g/mol. The zero-order valence-electron chi connectivity index (χ0n) is 8.46. The van der Waals surface area contributed by atoms with E-state index in [-0.39, 0.29) is 0 Å². The van der Waals surface area contributed by atoms with Crippen molar-refractivity contribution in [2.45, 2.75) is 43.9 Å². The van der Waals surface area contributed by atoms with Crippen LogP contribution < -0.4 is 0 Å². The minimum absolute atomic E-state index is 0.503. The Balaban J connectivity index is 2.30. The minimum atomic E-state index is 0.503. The smallest absolute Gasteiger partial charge is 0.115 e. The van der Waals surface area contributed by atoms with Gasteiger partial charge >= 0.3 is 0 Å². The molecule has 0 N–H and O–H groups in total. The highest BCUT2D eigenvalue weighted by molar-refractivity contribution is 9.09. The Kier molecular flexibility index (Phi) is 3.16. The Hall–Kier alpha value is -0.440. The number of alkyl halides is 1. The molecule has 0 radical (unpaired) electrons. The van der Waals surface area contributed by atoms with Crippen LogP contribution in [0.4, 0.5) is 0 Å².